The molecule has 1 aromatic rings. The van der Waals surface area contributed by atoms with Gasteiger partial charge in [0.05, 0.1) is 0 Å². The summed E-state index contributed by atoms with van der Waals surface area (Å²) in [4.78, 5) is 5.29. The smallest absolute Gasteiger partial charge is 0.127 e. The first-order chi connectivity index (χ1) is 6.36. The molecule has 0 spiro atoms. The van der Waals surface area contributed by atoms with Crippen LogP contribution in [0.15, 0.2) is 10.5 Å². The maximum atomic E-state index is 5.29. The molecule has 0 radical (unpaired) electrons. The van der Waals surface area contributed by atoms with Gasteiger partial charge in [-0.2, -0.15) is 0 Å². The van der Waals surface area contributed by atoms with Crippen molar-refractivity contribution < 1.29 is 4.84 Å². The molecule has 1 aliphatic rings. The summed E-state index contributed by atoms with van der Waals surface area (Å²) in [5, 5.41) is 9.77. The molecule has 1 fully saturated rings. The number of nitrogens with zero attached hydrogens (tertiary/aromatic N) is 3. The molecule has 0 atom stereocenters. The van der Waals surface area contributed by atoms with E-state index in [1.807, 2.05) is 12.3 Å². The molecule has 70 valence electrons. The molecule has 0 aliphatic heterocycles. The third-order valence-electron chi connectivity index (χ3n) is 2.12. The predicted octanol–water partition coefficient (Wildman–Crippen LogP) is 1.83. The SMILES string of the molecule is C/C(=N\OC1CCC1)c1csnn1. The molecule has 0 N–H and O–H groups in total. The van der Waals surface area contributed by atoms with E-state index in [2.05, 4.69) is 14.7 Å². The Balaban J connectivity index is 1.91. The van der Waals surface area contributed by atoms with Crippen LogP contribution >= 0.6 is 11.5 Å². The molecule has 1 saturated carbocycles. The van der Waals surface area contributed by atoms with Crippen molar-refractivity contribution in [1.29, 1.82) is 0 Å². The normalized spacial score (nSPS) is 18.4. The van der Waals surface area contributed by atoms with Gasteiger partial charge in [0, 0.05) is 5.38 Å². The summed E-state index contributed by atoms with van der Waals surface area (Å²) in [7, 11) is 0. The summed E-state index contributed by atoms with van der Waals surface area (Å²) >= 11 is 1.32. The fourth-order valence-electron chi connectivity index (χ4n) is 0.999. The van der Waals surface area contributed by atoms with Crippen molar-refractivity contribution >= 4 is 17.2 Å². The van der Waals surface area contributed by atoms with Gasteiger partial charge in [-0.25, -0.2) is 0 Å². The Morgan fingerprint density at radius 3 is 3.08 bits per heavy atom. The molecule has 0 aromatic carbocycles. The highest BCUT2D eigenvalue weighted by atomic mass is 32.1. The van der Waals surface area contributed by atoms with Crippen LogP contribution in [-0.4, -0.2) is 21.4 Å². The Morgan fingerprint density at radius 2 is 2.54 bits per heavy atom. The molecule has 1 aliphatic carbocycles. The van der Waals surface area contributed by atoms with Gasteiger partial charge in [-0.15, -0.1) is 5.10 Å². The summed E-state index contributed by atoms with van der Waals surface area (Å²) in [6, 6.07) is 0. The zero-order valence-corrected chi connectivity index (χ0v) is 8.25. The lowest BCUT2D eigenvalue weighted by Gasteiger charge is -2.22. The summed E-state index contributed by atoms with van der Waals surface area (Å²) in [5.74, 6) is 0. The second-order valence-electron chi connectivity index (χ2n) is 3.13. The molecule has 1 aromatic heterocycles. The lowest BCUT2D eigenvalue weighted by Crippen LogP contribution is -2.19. The van der Waals surface area contributed by atoms with Crippen molar-refractivity contribution in [2.75, 3.05) is 0 Å². The molecular formula is C8H11N3OS. The van der Waals surface area contributed by atoms with Gasteiger partial charge in [-0.1, -0.05) is 9.64 Å². The van der Waals surface area contributed by atoms with E-state index in [0.717, 1.165) is 24.2 Å². The molecule has 0 saturated heterocycles. The first-order valence-electron chi connectivity index (χ1n) is 4.34. The minimum atomic E-state index is 0.335. The zero-order chi connectivity index (χ0) is 9.10. The van der Waals surface area contributed by atoms with E-state index in [-0.39, 0.29) is 0 Å². The van der Waals surface area contributed by atoms with Crippen molar-refractivity contribution in [3.8, 4) is 0 Å². The third-order valence-corrected chi connectivity index (χ3v) is 2.63. The number of rotatable bonds is 3. The van der Waals surface area contributed by atoms with E-state index in [4.69, 9.17) is 4.84 Å². The summed E-state index contributed by atoms with van der Waals surface area (Å²) in [5.41, 5.74) is 1.62. The first-order valence-corrected chi connectivity index (χ1v) is 5.18. The maximum Gasteiger partial charge on any atom is 0.127 e. The largest absolute Gasteiger partial charge is 0.392 e. The van der Waals surface area contributed by atoms with Crippen molar-refractivity contribution in [3.05, 3.63) is 11.1 Å². The van der Waals surface area contributed by atoms with Crippen LogP contribution in [-0.2, 0) is 4.84 Å². The van der Waals surface area contributed by atoms with E-state index in [0.29, 0.717) is 6.10 Å². The second kappa shape index (κ2) is 3.83. The van der Waals surface area contributed by atoms with Crippen molar-refractivity contribution in [2.24, 2.45) is 5.16 Å². The fourth-order valence-corrected chi connectivity index (χ4v) is 1.50. The van der Waals surface area contributed by atoms with Crippen molar-refractivity contribution in [2.45, 2.75) is 32.3 Å². The average Bonchev–Trinajstić information content (AvgIpc) is 2.52. The van der Waals surface area contributed by atoms with Gasteiger partial charge in [0.2, 0.25) is 0 Å². The number of hydrogen-bond acceptors (Lipinski definition) is 5. The zero-order valence-electron chi connectivity index (χ0n) is 7.43. The van der Waals surface area contributed by atoms with E-state index in [1.54, 1.807) is 0 Å². The lowest BCUT2D eigenvalue weighted by atomic mass is 9.97. The van der Waals surface area contributed by atoms with Crippen LogP contribution in [0.5, 0.6) is 0 Å². The first kappa shape index (κ1) is 8.62. The molecule has 0 bridgehead atoms. The maximum absolute atomic E-state index is 5.29. The Kier molecular flexibility index (Phi) is 2.54. The van der Waals surface area contributed by atoms with Gasteiger partial charge >= 0.3 is 0 Å². The summed E-state index contributed by atoms with van der Waals surface area (Å²) in [6.45, 7) is 1.88. The van der Waals surface area contributed by atoms with Gasteiger partial charge in [0.25, 0.3) is 0 Å². The van der Waals surface area contributed by atoms with Crippen LogP contribution in [0.25, 0.3) is 0 Å². The molecule has 0 unspecified atom stereocenters. The number of hydrogen-bond donors (Lipinski definition) is 0. The van der Waals surface area contributed by atoms with E-state index < -0.39 is 0 Å². The topological polar surface area (TPSA) is 47.4 Å². The molecule has 1 heterocycles. The second-order valence-corrected chi connectivity index (χ2v) is 3.73. The van der Waals surface area contributed by atoms with Crippen LogP contribution < -0.4 is 0 Å². The average molecular weight is 197 g/mol. The highest BCUT2D eigenvalue weighted by Gasteiger charge is 2.18. The van der Waals surface area contributed by atoms with Crippen LogP contribution in [0, 0.1) is 0 Å². The molecular weight excluding hydrogens is 186 g/mol. The van der Waals surface area contributed by atoms with Crippen molar-refractivity contribution in [3.63, 3.8) is 0 Å². The Bertz CT molecular complexity index is 292. The van der Waals surface area contributed by atoms with Gasteiger partial charge in [0.15, 0.2) is 0 Å². The Labute approximate surface area is 80.8 Å². The van der Waals surface area contributed by atoms with Crippen LogP contribution in [0.3, 0.4) is 0 Å². The number of aromatic nitrogens is 2. The highest BCUT2D eigenvalue weighted by Crippen LogP contribution is 2.22. The standard InChI is InChI=1S/C8H11N3OS/c1-6(8-5-13-11-9-8)10-12-7-3-2-4-7/h5,7H,2-4H2,1H3/b10-6+. The summed E-state index contributed by atoms with van der Waals surface area (Å²) < 4.78 is 3.76. The highest BCUT2D eigenvalue weighted by molar-refractivity contribution is 7.03. The Hall–Kier alpha value is -0.970. The molecule has 4 nitrogen and oxygen atoms in total. The van der Waals surface area contributed by atoms with E-state index in [9.17, 15) is 0 Å². The van der Waals surface area contributed by atoms with Gasteiger partial charge in [-0.05, 0) is 37.7 Å². The lowest BCUT2D eigenvalue weighted by molar-refractivity contribution is 0.00601. The van der Waals surface area contributed by atoms with Gasteiger partial charge in [0.1, 0.15) is 17.5 Å². The fraction of sp³-hybridized carbons (Fsp3) is 0.625. The quantitative estimate of drug-likeness (QED) is 0.548. The number of oxime groups is 1. The molecule has 13 heavy (non-hydrogen) atoms. The molecule has 0 amide bonds. The van der Waals surface area contributed by atoms with Gasteiger partial charge in [-0.3, -0.25) is 0 Å². The minimum Gasteiger partial charge on any atom is -0.392 e. The Morgan fingerprint density at radius 1 is 1.69 bits per heavy atom. The van der Waals surface area contributed by atoms with Crippen LogP contribution in [0.1, 0.15) is 31.9 Å². The monoisotopic (exact) mass is 197 g/mol. The van der Waals surface area contributed by atoms with Gasteiger partial charge < -0.3 is 4.84 Å². The van der Waals surface area contributed by atoms with Crippen molar-refractivity contribution in [1.82, 2.24) is 9.59 Å². The molecule has 2 rings (SSSR count). The van der Waals surface area contributed by atoms with Crippen LogP contribution in [0.4, 0.5) is 0 Å². The summed E-state index contributed by atoms with van der Waals surface area (Å²) in [6.07, 6.45) is 3.86. The van der Waals surface area contributed by atoms with E-state index >= 15 is 0 Å². The van der Waals surface area contributed by atoms with E-state index in [1.165, 1.54) is 18.0 Å². The van der Waals surface area contributed by atoms with Crippen LogP contribution in [0.2, 0.25) is 0 Å². The third kappa shape index (κ3) is 2.03. The predicted molar refractivity (Wildman–Crippen MR) is 50.8 cm³/mol. The molecule has 5 heteroatoms. The minimum absolute atomic E-state index is 0.335.